The number of benzene rings is 1. The quantitative estimate of drug-likeness (QED) is 0.268. The van der Waals surface area contributed by atoms with E-state index in [0.29, 0.717) is 22.8 Å². The number of rotatable bonds is 5. The summed E-state index contributed by atoms with van der Waals surface area (Å²) in [5.74, 6) is 0.306. The van der Waals surface area contributed by atoms with Gasteiger partial charge in [0.05, 0.1) is 12.8 Å². The molecule has 6 heteroatoms. The largest absolute Gasteiger partial charge is 0.502 e. The van der Waals surface area contributed by atoms with Crippen LogP contribution in [0.15, 0.2) is 71.6 Å². The first-order valence-corrected chi connectivity index (χ1v) is 9.68. The Hall–Kier alpha value is -2.99. The molecule has 1 aromatic carbocycles. The van der Waals surface area contributed by atoms with Crippen LogP contribution in [0.5, 0.6) is 0 Å². The van der Waals surface area contributed by atoms with Crippen LogP contribution in [-0.2, 0) is 12.0 Å². The van der Waals surface area contributed by atoms with E-state index in [2.05, 4.69) is 26.1 Å². The van der Waals surface area contributed by atoms with Crippen molar-refractivity contribution in [1.82, 2.24) is 5.32 Å². The number of furan rings is 1. The lowest BCUT2D eigenvalue weighted by atomic mass is 9.88. The number of aliphatic hydroxyl groups excluding tert-OH is 1. The molecule has 0 aliphatic heterocycles. The summed E-state index contributed by atoms with van der Waals surface area (Å²) in [5.41, 5.74) is 2.03. The van der Waals surface area contributed by atoms with Gasteiger partial charge < -0.3 is 14.8 Å². The van der Waals surface area contributed by atoms with Crippen LogP contribution in [0.1, 0.15) is 37.7 Å². The number of pyridine rings is 1. The van der Waals surface area contributed by atoms with Crippen molar-refractivity contribution in [1.29, 1.82) is 0 Å². The number of thiocarbonyl (C=S) groups is 1. The summed E-state index contributed by atoms with van der Waals surface area (Å²) in [6.45, 7) is 6.78. The molecule has 0 amide bonds. The van der Waals surface area contributed by atoms with Gasteiger partial charge in [0.1, 0.15) is 11.6 Å². The number of aliphatic hydroxyl groups is 1. The molecule has 0 saturated heterocycles. The van der Waals surface area contributed by atoms with Gasteiger partial charge in [-0.05, 0) is 47.4 Å². The van der Waals surface area contributed by atoms with E-state index in [4.69, 9.17) is 16.6 Å². The van der Waals surface area contributed by atoms with Crippen LogP contribution in [0, 0.1) is 5.82 Å². The first kappa shape index (κ1) is 20.7. The number of hydrogen-bond donors (Lipinski definition) is 2. The topological polar surface area (TPSA) is 49.3 Å². The second-order valence-corrected chi connectivity index (χ2v) is 8.12. The van der Waals surface area contributed by atoms with Gasteiger partial charge in [-0.3, -0.25) is 0 Å². The van der Waals surface area contributed by atoms with Crippen LogP contribution in [0.25, 0.3) is 11.5 Å². The van der Waals surface area contributed by atoms with E-state index in [0.717, 1.165) is 11.3 Å². The van der Waals surface area contributed by atoms with Gasteiger partial charge in [-0.2, -0.15) is 4.57 Å². The second kappa shape index (κ2) is 8.57. The molecule has 2 N–H and O–H groups in total. The van der Waals surface area contributed by atoms with E-state index in [9.17, 15) is 9.50 Å². The van der Waals surface area contributed by atoms with E-state index >= 15 is 0 Å². The number of aromatic nitrogens is 1. The molecule has 3 rings (SSSR count). The Labute approximate surface area is 175 Å². The van der Waals surface area contributed by atoms with Crippen LogP contribution < -0.4 is 9.88 Å². The molecule has 2 aromatic heterocycles. The smallest absolute Gasteiger partial charge is 0.287 e. The molecule has 0 fully saturated rings. The Morgan fingerprint density at radius 1 is 1.10 bits per heavy atom. The molecule has 0 aliphatic rings. The standard InChI is InChI=1S/C23H23FN2O2S/c1-23(2,3)17-10-12-26(13-11-17)20(21(27)16-6-8-18(24)9-7-16)22(29)25-15-19-5-4-14-28-19/h4-14H,15H2,1-3H3,(H-,25,27,29)/p+1. The minimum atomic E-state index is -0.371. The monoisotopic (exact) mass is 411 g/mol. The molecule has 0 atom stereocenters. The highest BCUT2D eigenvalue weighted by atomic mass is 32.1. The minimum Gasteiger partial charge on any atom is -0.502 e. The van der Waals surface area contributed by atoms with E-state index in [-0.39, 0.29) is 17.0 Å². The van der Waals surface area contributed by atoms with Crippen molar-refractivity contribution in [2.45, 2.75) is 32.7 Å². The maximum absolute atomic E-state index is 13.3. The first-order chi connectivity index (χ1) is 13.8. The van der Waals surface area contributed by atoms with Crippen molar-refractivity contribution in [3.8, 4) is 0 Å². The lowest BCUT2D eigenvalue weighted by Crippen LogP contribution is -2.41. The highest BCUT2D eigenvalue weighted by molar-refractivity contribution is 7.81. The zero-order valence-electron chi connectivity index (χ0n) is 16.6. The van der Waals surface area contributed by atoms with Gasteiger partial charge >= 0.3 is 0 Å². The Morgan fingerprint density at radius 2 is 1.76 bits per heavy atom. The molecule has 0 spiro atoms. The maximum Gasteiger partial charge on any atom is 0.287 e. The molecule has 3 aromatic rings. The normalized spacial score (nSPS) is 12.4. The fraction of sp³-hybridized carbons (Fsp3) is 0.217. The van der Waals surface area contributed by atoms with Crippen LogP contribution >= 0.6 is 12.2 Å². The predicted molar refractivity (Wildman–Crippen MR) is 116 cm³/mol. The van der Waals surface area contributed by atoms with Crippen LogP contribution in [-0.4, -0.2) is 10.1 Å². The van der Waals surface area contributed by atoms with Gasteiger partial charge in [0.2, 0.25) is 0 Å². The third-order valence-electron chi connectivity index (χ3n) is 4.51. The van der Waals surface area contributed by atoms with E-state index in [1.54, 1.807) is 16.9 Å². The van der Waals surface area contributed by atoms with Gasteiger partial charge in [-0.25, -0.2) is 4.39 Å². The number of nitrogens with zero attached hydrogens (tertiary/aromatic N) is 1. The van der Waals surface area contributed by atoms with Gasteiger partial charge in [-0.1, -0.05) is 33.0 Å². The Kier molecular flexibility index (Phi) is 6.13. The molecule has 0 saturated carbocycles. The summed E-state index contributed by atoms with van der Waals surface area (Å²) in [4.78, 5) is 0.344. The van der Waals surface area contributed by atoms with E-state index in [1.165, 1.54) is 24.3 Å². The van der Waals surface area contributed by atoms with E-state index in [1.807, 2.05) is 30.6 Å². The van der Waals surface area contributed by atoms with Crippen molar-refractivity contribution >= 4 is 28.7 Å². The lowest BCUT2D eigenvalue weighted by molar-refractivity contribution is -0.576. The molecule has 4 nitrogen and oxygen atoms in total. The summed E-state index contributed by atoms with van der Waals surface area (Å²) < 4.78 is 20.4. The Bertz CT molecular complexity index is 1000. The van der Waals surface area contributed by atoms with Crippen LogP contribution in [0.4, 0.5) is 4.39 Å². The maximum atomic E-state index is 13.3. The Morgan fingerprint density at radius 3 is 2.31 bits per heavy atom. The van der Waals surface area contributed by atoms with Crippen molar-refractivity contribution in [3.63, 3.8) is 0 Å². The fourth-order valence-electron chi connectivity index (χ4n) is 2.83. The van der Waals surface area contributed by atoms with Crippen molar-refractivity contribution in [2.75, 3.05) is 0 Å². The number of nitrogens with one attached hydrogen (secondary N) is 1. The van der Waals surface area contributed by atoms with Crippen molar-refractivity contribution < 1.29 is 18.5 Å². The summed E-state index contributed by atoms with van der Waals surface area (Å²) in [5, 5.41) is 14.1. The molecule has 0 radical (unpaired) electrons. The van der Waals surface area contributed by atoms with Crippen LogP contribution in [0.3, 0.4) is 0 Å². The highest BCUT2D eigenvalue weighted by Crippen LogP contribution is 2.22. The highest BCUT2D eigenvalue weighted by Gasteiger charge is 2.25. The summed E-state index contributed by atoms with van der Waals surface area (Å²) >= 11 is 5.57. The average Bonchev–Trinajstić information content (AvgIpc) is 3.20. The summed E-state index contributed by atoms with van der Waals surface area (Å²) in [6, 6.07) is 13.3. The number of halogens is 1. The molecule has 29 heavy (non-hydrogen) atoms. The van der Waals surface area contributed by atoms with Crippen LogP contribution in [0.2, 0.25) is 0 Å². The van der Waals surface area contributed by atoms with Gasteiger partial charge in [-0.15, -0.1) is 0 Å². The van der Waals surface area contributed by atoms with E-state index < -0.39 is 0 Å². The zero-order valence-corrected chi connectivity index (χ0v) is 17.5. The molecule has 0 bridgehead atoms. The predicted octanol–water partition coefficient (Wildman–Crippen LogP) is 5.00. The molecule has 150 valence electrons. The molecule has 0 aliphatic carbocycles. The SMILES string of the molecule is CC(C)(C)c1cc[n+](/C(C(=S)NCc2ccco2)=C(/O)c2ccc(F)cc2)cc1. The third kappa shape index (κ3) is 5.09. The molecule has 2 heterocycles. The second-order valence-electron chi connectivity index (χ2n) is 7.71. The van der Waals surface area contributed by atoms with Gasteiger partial charge in [0.25, 0.3) is 5.70 Å². The summed E-state index contributed by atoms with van der Waals surface area (Å²) in [7, 11) is 0. The Balaban J connectivity index is 1.99. The van der Waals surface area contributed by atoms with Crippen molar-refractivity contribution in [2.24, 2.45) is 0 Å². The first-order valence-electron chi connectivity index (χ1n) is 9.27. The molecular formula is C23H24FN2O2S+. The van der Waals surface area contributed by atoms with Gasteiger partial charge in [0.15, 0.2) is 23.1 Å². The lowest BCUT2D eigenvalue weighted by Gasteiger charge is -2.18. The molecular weight excluding hydrogens is 387 g/mol. The fourth-order valence-corrected chi connectivity index (χ4v) is 3.11. The number of hydrogen-bond acceptors (Lipinski definition) is 3. The van der Waals surface area contributed by atoms with Gasteiger partial charge in [0, 0.05) is 17.7 Å². The summed E-state index contributed by atoms with van der Waals surface area (Å²) in [6.07, 6.45) is 5.31. The third-order valence-corrected chi connectivity index (χ3v) is 4.85. The molecule has 0 unspecified atom stereocenters. The average molecular weight is 412 g/mol. The van der Waals surface area contributed by atoms with Crippen molar-refractivity contribution in [3.05, 3.63) is 89.9 Å². The minimum absolute atomic E-state index is 0.0000148. The zero-order chi connectivity index (χ0) is 21.0.